The third-order valence-corrected chi connectivity index (χ3v) is 2.87. The van der Waals surface area contributed by atoms with E-state index in [2.05, 4.69) is 5.32 Å². The van der Waals surface area contributed by atoms with E-state index in [1.807, 2.05) is 0 Å². The fourth-order valence-corrected chi connectivity index (χ4v) is 1.95. The Labute approximate surface area is 94.7 Å². The van der Waals surface area contributed by atoms with E-state index in [1.165, 1.54) is 12.1 Å². The lowest BCUT2D eigenvalue weighted by molar-refractivity contribution is 0.0955. The summed E-state index contributed by atoms with van der Waals surface area (Å²) in [5, 5.41) is 7.60. The molecule has 6 heteroatoms. The number of carbonyl (C=O) groups excluding carboxylic acids is 1. The van der Waals surface area contributed by atoms with E-state index < -0.39 is 10.0 Å². The molecule has 0 aliphatic heterocycles. The zero-order valence-electron chi connectivity index (χ0n) is 9.15. The Morgan fingerprint density at radius 2 is 2.00 bits per heavy atom. The Kier molecular flexibility index (Phi) is 3.66. The normalized spacial score (nSPS) is 11.2. The molecule has 0 aromatic heterocycles. The molecule has 0 aliphatic carbocycles. The molecule has 1 amide bonds. The lowest BCUT2D eigenvalue weighted by atomic mass is 10.1. The number of amides is 1. The first-order chi connectivity index (χ1) is 7.34. The molecule has 0 bridgehead atoms. The molecule has 0 fully saturated rings. The number of nitrogens with two attached hydrogens (primary N) is 1. The predicted octanol–water partition coefficient (Wildman–Crippen LogP) is 0.392. The number of sulfonamides is 1. The van der Waals surface area contributed by atoms with Gasteiger partial charge < -0.3 is 5.32 Å². The van der Waals surface area contributed by atoms with Crippen LogP contribution in [-0.2, 0) is 10.0 Å². The van der Waals surface area contributed by atoms with Crippen LogP contribution in [0.2, 0.25) is 0 Å². The van der Waals surface area contributed by atoms with Crippen molar-refractivity contribution in [3.63, 3.8) is 0 Å². The Balaban J connectivity index is 3.24. The predicted molar refractivity (Wildman–Crippen MR) is 60.6 cm³/mol. The highest BCUT2D eigenvalue weighted by atomic mass is 32.2. The largest absolute Gasteiger partial charge is 0.352 e. The van der Waals surface area contributed by atoms with E-state index in [-0.39, 0.29) is 10.8 Å². The zero-order chi connectivity index (χ0) is 12.3. The minimum absolute atomic E-state index is 0.0475. The molecule has 0 heterocycles. The molecule has 0 atom stereocenters. The van der Waals surface area contributed by atoms with Crippen LogP contribution < -0.4 is 10.5 Å². The van der Waals surface area contributed by atoms with Gasteiger partial charge in [0, 0.05) is 12.1 Å². The lowest BCUT2D eigenvalue weighted by Gasteiger charge is -2.06. The summed E-state index contributed by atoms with van der Waals surface area (Å²) in [5.74, 6) is -0.309. The van der Waals surface area contributed by atoms with Crippen molar-refractivity contribution in [1.82, 2.24) is 5.32 Å². The van der Waals surface area contributed by atoms with Crippen LogP contribution >= 0.6 is 0 Å². The SMILES string of the molecule is CCNC(=O)c1cc(C)cc(S(N)(=O)=O)c1. The fraction of sp³-hybridized carbons (Fsp3) is 0.300. The van der Waals surface area contributed by atoms with Crippen LogP contribution in [0.3, 0.4) is 0 Å². The van der Waals surface area contributed by atoms with Crippen LogP contribution in [0.1, 0.15) is 22.8 Å². The topological polar surface area (TPSA) is 89.3 Å². The summed E-state index contributed by atoms with van der Waals surface area (Å²) >= 11 is 0. The molecule has 0 saturated heterocycles. The molecule has 1 aromatic carbocycles. The van der Waals surface area contributed by atoms with Gasteiger partial charge in [0.25, 0.3) is 5.91 Å². The average molecular weight is 242 g/mol. The van der Waals surface area contributed by atoms with E-state index in [0.29, 0.717) is 17.7 Å². The van der Waals surface area contributed by atoms with E-state index in [1.54, 1.807) is 19.9 Å². The monoisotopic (exact) mass is 242 g/mol. The molecule has 0 aliphatic rings. The maximum Gasteiger partial charge on any atom is 0.251 e. The first-order valence-electron chi connectivity index (χ1n) is 4.77. The summed E-state index contributed by atoms with van der Waals surface area (Å²) < 4.78 is 22.3. The maximum absolute atomic E-state index is 11.5. The van der Waals surface area contributed by atoms with Gasteiger partial charge in [0.2, 0.25) is 10.0 Å². The third kappa shape index (κ3) is 3.04. The van der Waals surface area contributed by atoms with Crippen LogP contribution in [0.15, 0.2) is 23.1 Å². The van der Waals surface area contributed by atoms with Crippen LogP contribution in [0.25, 0.3) is 0 Å². The lowest BCUT2D eigenvalue weighted by Crippen LogP contribution is -2.23. The summed E-state index contributed by atoms with van der Waals surface area (Å²) in [6, 6.07) is 4.31. The summed E-state index contributed by atoms with van der Waals surface area (Å²) in [6.07, 6.45) is 0. The number of rotatable bonds is 3. The van der Waals surface area contributed by atoms with Gasteiger partial charge in [0.1, 0.15) is 0 Å². The molecule has 1 rings (SSSR count). The summed E-state index contributed by atoms with van der Waals surface area (Å²) in [7, 11) is -3.78. The first-order valence-corrected chi connectivity index (χ1v) is 6.32. The highest BCUT2D eigenvalue weighted by Crippen LogP contribution is 2.13. The van der Waals surface area contributed by atoms with Gasteiger partial charge in [-0.1, -0.05) is 0 Å². The quantitative estimate of drug-likeness (QED) is 0.803. The average Bonchev–Trinajstić information content (AvgIpc) is 2.16. The molecule has 16 heavy (non-hydrogen) atoms. The van der Waals surface area contributed by atoms with Gasteiger partial charge in [-0.25, -0.2) is 13.6 Å². The summed E-state index contributed by atoms with van der Waals surface area (Å²) in [6.45, 7) is 3.98. The van der Waals surface area contributed by atoms with Crippen molar-refractivity contribution in [1.29, 1.82) is 0 Å². The van der Waals surface area contributed by atoms with Gasteiger partial charge in [-0.3, -0.25) is 4.79 Å². The van der Waals surface area contributed by atoms with Crippen molar-refractivity contribution in [3.05, 3.63) is 29.3 Å². The van der Waals surface area contributed by atoms with Crippen molar-refractivity contribution in [3.8, 4) is 0 Å². The Hall–Kier alpha value is -1.40. The van der Waals surface area contributed by atoms with Crippen molar-refractivity contribution in [2.24, 2.45) is 5.14 Å². The number of hydrogen-bond acceptors (Lipinski definition) is 3. The number of nitrogens with one attached hydrogen (secondary N) is 1. The number of benzene rings is 1. The minimum Gasteiger partial charge on any atom is -0.352 e. The summed E-state index contributed by atoms with van der Waals surface area (Å²) in [5.41, 5.74) is 0.971. The number of aryl methyl sites for hydroxylation is 1. The fourth-order valence-electron chi connectivity index (χ4n) is 1.31. The van der Waals surface area contributed by atoms with Crippen molar-refractivity contribution >= 4 is 15.9 Å². The molecule has 0 unspecified atom stereocenters. The zero-order valence-corrected chi connectivity index (χ0v) is 9.97. The van der Waals surface area contributed by atoms with Crippen molar-refractivity contribution in [2.75, 3.05) is 6.54 Å². The second-order valence-electron chi connectivity index (χ2n) is 3.44. The van der Waals surface area contributed by atoms with Crippen LogP contribution in [-0.4, -0.2) is 20.9 Å². The Morgan fingerprint density at radius 3 is 2.50 bits per heavy atom. The van der Waals surface area contributed by atoms with Crippen molar-refractivity contribution < 1.29 is 13.2 Å². The first kappa shape index (κ1) is 12.7. The van der Waals surface area contributed by atoms with Gasteiger partial charge in [0.05, 0.1) is 4.90 Å². The van der Waals surface area contributed by atoms with Gasteiger partial charge in [-0.05, 0) is 37.6 Å². The van der Waals surface area contributed by atoms with E-state index >= 15 is 0 Å². The minimum atomic E-state index is -3.78. The van der Waals surface area contributed by atoms with Crippen molar-refractivity contribution in [2.45, 2.75) is 18.7 Å². The van der Waals surface area contributed by atoms with Gasteiger partial charge in [0.15, 0.2) is 0 Å². The Bertz CT molecular complexity index is 509. The molecule has 5 nitrogen and oxygen atoms in total. The Morgan fingerprint density at radius 1 is 1.38 bits per heavy atom. The smallest absolute Gasteiger partial charge is 0.251 e. The molecule has 0 saturated carbocycles. The third-order valence-electron chi connectivity index (χ3n) is 1.98. The second-order valence-corrected chi connectivity index (χ2v) is 5.00. The highest BCUT2D eigenvalue weighted by Gasteiger charge is 2.12. The number of carbonyl (C=O) groups is 1. The summed E-state index contributed by atoms with van der Waals surface area (Å²) in [4.78, 5) is 11.5. The molecular formula is C10H14N2O3S. The molecule has 88 valence electrons. The molecule has 3 N–H and O–H groups in total. The van der Waals surface area contributed by atoms with Crippen LogP contribution in [0.4, 0.5) is 0 Å². The number of hydrogen-bond donors (Lipinski definition) is 2. The van der Waals surface area contributed by atoms with E-state index in [4.69, 9.17) is 5.14 Å². The van der Waals surface area contributed by atoms with Gasteiger partial charge >= 0.3 is 0 Å². The molecule has 1 aromatic rings. The molecular weight excluding hydrogens is 228 g/mol. The van der Waals surface area contributed by atoms with Crippen LogP contribution in [0, 0.1) is 6.92 Å². The maximum atomic E-state index is 11.5. The van der Waals surface area contributed by atoms with E-state index in [9.17, 15) is 13.2 Å². The second kappa shape index (κ2) is 4.63. The van der Waals surface area contributed by atoms with Gasteiger partial charge in [-0.15, -0.1) is 0 Å². The highest BCUT2D eigenvalue weighted by molar-refractivity contribution is 7.89. The molecule has 0 spiro atoms. The number of primary sulfonamides is 1. The van der Waals surface area contributed by atoms with Crippen LogP contribution in [0.5, 0.6) is 0 Å². The van der Waals surface area contributed by atoms with E-state index in [0.717, 1.165) is 0 Å². The molecule has 0 radical (unpaired) electrons. The van der Waals surface area contributed by atoms with Gasteiger partial charge in [-0.2, -0.15) is 0 Å². The standard InChI is InChI=1S/C10H14N2O3S/c1-3-12-10(13)8-4-7(2)5-9(6-8)16(11,14)15/h4-6H,3H2,1-2H3,(H,12,13)(H2,11,14,15).